The summed E-state index contributed by atoms with van der Waals surface area (Å²) >= 11 is 0. The second-order valence-corrected chi connectivity index (χ2v) is 4.16. The van der Waals surface area contributed by atoms with Gasteiger partial charge in [-0.2, -0.15) is 5.10 Å². The van der Waals surface area contributed by atoms with Gasteiger partial charge in [-0.1, -0.05) is 18.2 Å². The summed E-state index contributed by atoms with van der Waals surface area (Å²) in [7, 11) is 0. The molecule has 3 rings (SSSR count). The van der Waals surface area contributed by atoms with Crippen molar-refractivity contribution in [3.8, 4) is 5.69 Å². The minimum Gasteiger partial charge on any atom is -0.472 e. The molecule has 19 heavy (non-hydrogen) atoms. The Morgan fingerprint density at radius 3 is 2.68 bits per heavy atom. The van der Waals surface area contributed by atoms with Gasteiger partial charge in [-0.05, 0) is 24.3 Å². The third-order valence-electron chi connectivity index (χ3n) is 3.01. The van der Waals surface area contributed by atoms with Crippen molar-refractivity contribution in [3.05, 3.63) is 72.4 Å². The summed E-state index contributed by atoms with van der Waals surface area (Å²) < 4.78 is 6.97. The van der Waals surface area contributed by atoms with Crippen LogP contribution in [0.5, 0.6) is 0 Å². The number of furan rings is 1. The van der Waals surface area contributed by atoms with Crippen LogP contribution in [0.4, 0.5) is 0 Å². The van der Waals surface area contributed by atoms with E-state index >= 15 is 0 Å². The molecule has 0 fully saturated rings. The number of aromatic nitrogens is 2. The van der Waals surface area contributed by atoms with Crippen molar-refractivity contribution in [2.24, 2.45) is 5.84 Å². The number of benzene rings is 1. The summed E-state index contributed by atoms with van der Waals surface area (Å²) in [5, 5.41) is 4.36. The smallest absolute Gasteiger partial charge is 0.0954 e. The van der Waals surface area contributed by atoms with Gasteiger partial charge in [-0.15, -0.1) is 0 Å². The molecule has 5 heteroatoms. The topological polar surface area (TPSA) is 69.0 Å². The van der Waals surface area contributed by atoms with Crippen LogP contribution in [0.1, 0.15) is 17.3 Å². The van der Waals surface area contributed by atoms with E-state index in [2.05, 4.69) is 10.5 Å². The van der Waals surface area contributed by atoms with Gasteiger partial charge >= 0.3 is 0 Å². The maximum Gasteiger partial charge on any atom is 0.0954 e. The summed E-state index contributed by atoms with van der Waals surface area (Å²) in [6.07, 6.45) is 5.06. The van der Waals surface area contributed by atoms with E-state index in [1.54, 1.807) is 18.7 Å². The first kappa shape index (κ1) is 11.7. The lowest BCUT2D eigenvalue weighted by molar-refractivity contribution is 0.546. The van der Waals surface area contributed by atoms with E-state index in [9.17, 15) is 0 Å². The molecule has 1 atom stereocenters. The summed E-state index contributed by atoms with van der Waals surface area (Å²) in [4.78, 5) is 0. The molecule has 5 nitrogen and oxygen atoms in total. The Hall–Kier alpha value is -2.37. The van der Waals surface area contributed by atoms with Gasteiger partial charge in [0, 0.05) is 11.8 Å². The molecule has 0 radical (unpaired) electrons. The van der Waals surface area contributed by atoms with E-state index in [0.717, 1.165) is 16.9 Å². The quantitative estimate of drug-likeness (QED) is 0.552. The molecule has 0 aliphatic heterocycles. The highest BCUT2D eigenvalue weighted by Crippen LogP contribution is 2.23. The Morgan fingerprint density at radius 1 is 1.16 bits per heavy atom. The molecule has 2 aromatic heterocycles. The number of nitrogens with one attached hydrogen (secondary N) is 1. The van der Waals surface area contributed by atoms with Crippen LogP contribution in [0.15, 0.2) is 65.6 Å². The fraction of sp³-hybridized carbons (Fsp3) is 0.0714. The molecule has 3 N–H and O–H groups in total. The number of nitrogens with zero attached hydrogens (tertiary/aromatic N) is 2. The van der Waals surface area contributed by atoms with Crippen LogP contribution >= 0.6 is 0 Å². The minimum absolute atomic E-state index is 0.165. The molecule has 0 saturated heterocycles. The molecular weight excluding hydrogens is 240 g/mol. The van der Waals surface area contributed by atoms with Crippen LogP contribution < -0.4 is 11.3 Å². The predicted molar refractivity (Wildman–Crippen MR) is 71.4 cm³/mol. The Balaban J connectivity index is 2.04. The Bertz CT molecular complexity index is 631. The molecule has 0 aliphatic carbocycles. The summed E-state index contributed by atoms with van der Waals surface area (Å²) in [6.45, 7) is 0. The second-order valence-electron chi connectivity index (χ2n) is 4.16. The Kier molecular flexibility index (Phi) is 3.14. The van der Waals surface area contributed by atoms with E-state index < -0.39 is 0 Å². The first-order chi connectivity index (χ1) is 9.40. The van der Waals surface area contributed by atoms with Crippen molar-refractivity contribution in [1.82, 2.24) is 15.2 Å². The fourth-order valence-corrected chi connectivity index (χ4v) is 2.11. The first-order valence-corrected chi connectivity index (χ1v) is 5.97. The summed E-state index contributed by atoms with van der Waals surface area (Å²) in [5.74, 6) is 5.67. The van der Waals surface area contributed by atoms with Crippen LogP contribution in [0.3, 0.4) is 0 Å². The van der Waals surface area contributed by atoms with Crippen molar-refractivity contribution in [2.45, 2.75) is 6.04 Å². The van der Waals surface area contributed by atoms with Crippen LogP contribution in [0, 0.1) is 0 Å². The van der Waals surface area contributed by atoms with E-state index in [-0.39, 0.29) is 6.04 Å². The predicted octanol–water partition coefficient (Wildman–Crippen LogP) is 2.02. The van der Waals surface area contributed by atoms with Gasteiger partial charge in [0.1, 0.15) is 0 Å². The van der Waals surface area contributed by atoms with Crippen LogP contribution in [-0.2, 0) is 0 Å². The fourth-order valence-electron chi connectivity index (χ4n) is 2.11. The number of hydrogen-bond acceptors (Lipinski definition) is 4. The monoisotopic (exact) mass is 254 g/mol. The molecule has 0 saturated carbocycles. The average molecular weight is 254 g/mol. The van der Waals surface area contributed by atoms with E-state index in [1.165, 1.54) is 0 Å². The Morgan fingerprint density at radius 2 is 2.00 bits per heavy atom. The highest BCUT2D eigenvalue weighted by atomic mass is 16.3. The normalized spacial score (nSPS) is 12.5. The Labute approximate surface area is 110 Å². The average Bonchev–Trinajstić information content (AvgIpc) is 3.12. The highest BCUT2D eigenvalue weighted by Gasteiger charge is 2.18. The van der Waals surface area contributed by atoms with Crippen LogP contribution in [0.25, 0.3) is 5.69 Å². The number of hydrazine groups is 1. The van der Waals surface area contributed by atoms with Crippen molar-refractivity contribution in [2.75, 3.05) is 0 Å². The largest absolute Gasteiger partial charge is 0.472 e. The molecule has 2 heterocycles. The van der Waals surface area contributed by atoms with Crippen molar-refractivity contribution >= 4 is 0 Å². The van der Waals surface area contributed by atoms with E-state index in [0.29, 0.717) is 0 Å². The van der Waals surface area contributed by atoms with Gasteiger partial charge in [0.2, 0.25) is 0 Å². The number of para-hydroxylation sites is 1. The van der Waals surface area contributed by atoms with Gasteiger partial charge in [0.25, 0.3) is 0 Å². The first-order valence-electron chi connectivity index (χ1n) is 5.97. The molecule has 0 aliphatic rings. The molecule has 96 valence electrons. The highest BCUT2D eigenvalue weighted by molar-refractivity contribution is 5.35. The zero-order valence-corrected chi connectivity index (χ0v) is 10.2. The lowest BCUT2D eigenvalue weighted by Crippen LogP contribution is -2.30. The van der Waals surface area contributed by atoms with Gasteiger partial charge in [0.15, 0.2) is 0 Å². The SMILES string of the molecule is NNC(c1ccoc1)c1ccnn1-c1ccccc1. The van der Waals surface area contributed by atoms with Gasteiger partial charge in [-0.25, -0.2) is 10.1 Å². The zero-order valence-electron chi connectivity index (χ0n) is 10.2. The molecule has 1 unspecified atom stereocenters. The second kappa shape index (κ2) is 5.09. The van der Waals surface area contributed by atoms with Crippen molar-refractivity contribution in [3.63, 3.8) is 0 Å². The molecule has 0 amide bonds. The maximum absolute atomic E-state index is 5.67. The van der Waals surface area contributed by atoms with Gasteiger partial charge in [0.05, 0.1) is 29.9 Å². The molecule has 0 bridgehead atoms. The summed E-state index contributed by atoms with van der Waals surface area (Å²) in [5.41, 5.74) is 5.70. The van der Waals surface area contributed by atoms with Gasteiger partial charge in [-0.3, -0.25) is 5.84 Å². The summed E-state index contributed by atoms with van der Waals surface area (Å²) in [6, 6.07) is 13.6. The minimum atomic E-state index is -0.165. The van der Waals surface area contributed by atoms with E-state index in [1.807, 2.05) is 47.1 Å². The van der Waals surface area contributed by atoms with Crippen molar-refractivity contribution in [1.29, 1.82) is 0 Å². The third kappa shape index (κ3) is 2.16. The van der Waals surface area contributed by atoms with Crippen LogP contribution in [-0.4, -0.2) is 9.78 Å². The van der Waals surface area contributed by atoms with Crippen LogP contribution in [0.2, 0.25) is 0 Å². The third-order valence-corrected chi connectivity index (χ3v) is 3.01. The van der Waals surface area contributed by atoms with Crippen molar-refractivity contribution < 1.29 is 4.42 Å². The maximum atomic E-state index is 5.67. The molecular formula is C14H14N4O. The molecule has 3 aromatic rings. The number of hydrogen-bond donors (Lipinski definition) is 2. The lowest BCUT2D eigenvalue weighted by atomic mass is 10.1. The van der Waals surface area contributed by atoms with Gasteiger partial charge < -0.3 is 4.42 Å². The molecule has 1 aromatic carbocycles. The zero-order chi connectivity index (χ0) is 13.1. The standard InChI is InChI=1S/C14H14N4O/c15-17-14(11-7-9-19-10-11)13-6-8-16-18(13)12-4-2-1-3-5-12/h1-10,14,17H,15H2. The molecule has 0 spiro atoms. The lowest BCUT2D eigenvalue weighted by Gasteiger charge is -2.16. The van der Waals surface area contributed by atoms with E-state index in [4.69, 9.17) is 10.3 Å². The number of rotatable bonds is 4. The number of nitrogens with two attached hydrogens (primary N) is 1.